The van der Waals surface area contributed by atoms with Crippen LogP contribution in [0.4, 0.5) is 0 Å². The fourth-order valence-electron chi connectivity index (χ4n) is 4.45. The standard InChI is InChI=1S/C27H32Cl2N2O7/c1-2-37-23(32)17-38-22-4-3-21(24(28)25(22)29)27(34)18-13-19(15-30-5-9-35-10-6-30)26(33)20(14-18)16-31-7-11-36-12-8-31/h3-4,13-14,33H,2,5-12,15-17H2,1H3. The van der Waals surface area contributed by atoms with Crippen molar-refractivity contribution < 1.29 is 33.6 Å². The summed E-state index contributed by atoms with van der Waals surface area (Å²) in [5.41, 5.74) is 1.92. The number of phenols is 1. The van der Waals surface area contributed by atoms with Gasteiger partial charge in [0.15, 0.2) is 12.4 Å². The molecule has 0 amide bonds. The van der Waals surface area contributed by atoms with E-state index in [0.29, 0.717) is 56.2 Å². The molecule has 4 rings (SSSR count). The summed E-state index contributed by atoms with van der Waals surface area (Å²) in [7, 11) is 0. The minimum Gasteiger partial charge on any atom is -0.507 e. The summed E-state index contributed by atoms with van der Waals surface area (Å²) in [4.78, 5) is 29.7. The molecule has 2 heterocycles. The van der Waals surface area contributed by atoms with Gasteiger partial charge in [-0.2, -0.15) is 0 Å². The summed E-state index contributed by atoms with van der Waals surface area (Å²) in [6.07, 6.45) is 0. The first kappa shape index (κ1) is 28.6. The lowest BCUT2D eigenvalue weighted by Gasteiger charge is -2.29. The number of morpholine rings is 2. The van der Waals surface area contributed by atoms with Gasteiger partial charge in [0, 0.05) is 61.5 Å². The Morgan fingerprint density at radius 1 is 0.921 bits per heavy atom. The number of hydrogen-bond acceptors (Lipinski definition) is 9. The number of benzene rings is 2. The number of nitrogens with zero attached hydrogens (tertiary/aromatic N) is 2. The Hall–Kier alpha value is -2.40. The number of rotatable bonds is 10. The molecule has 11 heteroatoms. The van der Waals surface area contributed by atoms with E-state index in [1.807, 2.05) is 0 Å². The van der Waals surface area contributed by atoms with Gasteiger partial charge in [-0.3, -0.25) is 14.6 Å². The lowest BCUT2D eigenvalue weighted by molar-refractivity contribution is -0.145. The van der Waals surface area contributed by atoms with E-state index in [-0.39, 0.29) is 46.1 Å². The fourth-order valence-corrected chi connectivity index (χ4v) is 4.91. The average molecular weight is 567 g/mol. The number of halogens is 2. The van der Waals surface area contributed by atoms with Crippen LogP contribution in [0.5, 0.6) is 11.5 Å². The summed E-state index contributed by atoms with van der Waals surface area (Å²) in [5, 5.41) is 11.2. The number of carbonyl (C=O) groups is 2. The van der Waals surface area contributed by atoms with Crippen molar-refractivity contribution >= 4 is 35.0 Å². The first-order valence-electron chi connectivity index (χ1n) is 12.6. The lowest BCUT2D eigenvalue weighted by atomic mass is 9.96. The topological polar surface area (TPSA) is 97.8 Å². The van der Waals surface area contributed by atoms with Crippen LogP contribution < -0.4 is 4.74 Å². The Balaban J connectivity index is 1.62. The molecule has 0 unspecified atom stereocenters. The second-order valence-electron chi connectivity index (χ2n) is 9.08. The van der Waals surface area contributed by atoms with Crippen LogP contribution in [0.15, 0.2) is 24.3 Å². The summed E-state index contributed by atoms with van der Waals surface area (Å²) < 4.78 is 21.2. The maximum Gasteiger partial charge on any atom is 0.344 e. The van der Waals surface area contributed by atoms with Gasteiger partial charge in [0.25, 0.3) is 0 Å². The fraction of sp³-hybridized carbons (Fsp3) is 0.481. The zero-order valence-corrected chi connectivity index (χ0v) is 22.9. The normalized spacial score (nSPS) is 16.8. The smallest absolute Gasteiger partial charge is 0.344 e. The molecule has 1 N–H and O–H groups in total. The molecule has 0 saturated carbocycles. The number of carbonyl (C=O) groups excluding carboxylic acids is 2. The lowest BCUT2D eigenvalue weighted by Crippen LogP contribution is -2.36. The van der Waals surface area contributed by atoms with Crippen LogP contribution in [0.2, 0.25) is 10.0 Å². The van der Waals surface area contributed by atoms with Crippen molar-refractivity contribution in [2.24, 2.45) is 0 Å². The zero-order valence-electron chi connectivity index (χ0n) is 21.3. The summed E-state index contributed by atoms with van der Waals surface area (Å²) >= 11 is 12.9. The van der Waals surface area contributed by atoms with Gasteiger partial charge >= 0.3 is 5.97 Å². The van der Waals surface area contributed by atoms with E-state index in [9.17, 15) is 14.7 Å². The third-order valence-corrected chi connectivity index (χ3v) is 7.33. The molecule has 0 radical (unpaired) electrons. The number of aromatic hydroxyl groups is 1. The van der Waals surface area contributed by atoms with Crippen molar-refractivity contribution in [2.45, 2.75) is 20.0 Å². The molecular weight excluding hydrogens is 535 g/mol. The number of esters is 1. The number of phenolic OH excluding ortho intramolecular Hbond substituents is 1. The van der Waals surface area contributed by atoms with Crippen LogP contribution in [-0.4, -0.2) is 92.5 Å². The molecule has 2 aromatic carbocycles. The van der Waals surface area contributed by atoms with Gasteiger partial charge in [-0.1, -0.05) is 23.2 Å². The maximum atomic E-state index is 13.7. The van der Waals surface area contributed by atoms with E-state index < -0.39 is 5.97 Å². The Bertz CT molecular complexity index is 1110. The van der Waals surface area contributed by atoms with Gasteiger partial charge < -0.3 is 24.1 Å². The average Bonchev–Trinajstić information content (AvgIpc) is 2.92. The first-order chi connectivity index (χ1) is 18.4. The van der Waals surface area contributed by atoms with Gasteiger partial charge in [0.1, 0.15) is 16.5 Å². The number of ether oxygens (including phenoxy) is 4. The van der Waals surface area contributed by atoms with E-state index >= 15 is 0 Å². The molecule has 2 fully saturated rings. The summed E-state index contributed by atoms with van der Waals surface area (Å²) in [5.74, 6) is -0.510. The quantitative estimate of drug-likeness (QED) is 0.342. The van der Waals surface area contributed by atoms with Crippen LogP contribution in [0.1, 0.15) is 34.0 Å². The highest BCUT2D eigenvalue weighted by Crippen LogP contribution is 2.37. The van der Waals surface area contributed by atoms with Crippen molar-refractivity contribution in [1.29, 1.82) is 0 Å². The van der Waals surface area contributed by atoms with E-state index in [4.69, 9.17) is 42.1 Å². The monoisotopic (exact) mass is 566 g/mol. The molecule has 0 aromatic heterocycles. The van der Waals surface area contributed by atoms with E-state index in [1.54, 1.807) is 19.1 Å². The van der Waals surface area contributed by atoms with Crippen molar-refractivity contribution in [3.05, 3.63) is 56.6 Å². The molecule has 38 heavy (non-hydrogen) atoms. The van der Waals surface area contributed by atoms with Crippen LogP contribution >= 0.6 is 23.2 Å². The highest BCUT2D eigenvalue weighted by Gasteiger charge is 2.23. The molecule has 0 bridgehead atoms. The predicted molar refractivity (Wildman–Crippen MR) is 142 cm³/mol. The van der Waals surface area contributed by atoms with E-state index in [0.717, 1.165) is 26.2 Å². The summed E-state index contributed by atoms with van der Waals surface area (Å²) in [6.45, 7) is 8.04. The van der Waals surface area contributed by atoms with E-state index in [1.165, 1.54) is 12.1 Å². The largest absolute Gasteiger partial charge is 0.507 e. The van der Waals surface area contributed by atoms with E-state index in [2.05, 4.69) is 9.80 Å². The van der Waals surface area contributed by atoms with Crippen molar-refractivity contribution in [2.75, 3.05) is 65.8 Å². The molecule has 0 atom stereocenters. The summed E-state index contributed by atoms with van der Waals surface area (Å²) in [6, 6.07) is 6.45. The minimum atomic E-state index is -0.537. The molecule has 2 saturated heterocycles. The zero-order chi connectivity index (χ0) is 27.1. The Kier molecular flexibility index (Phi) is 10.2. The predicted octanol–water partition coefficient (Wildman–Crippen LogP) is 3.54. The van der Waals surface area contributed by atoms with Crippen LogP contribution in [0.3, 0.4) is 0 Å². The molecule has 2 aliphatic heterocycles. The van der Waals surface area contributed by atoms with Gasteiger partial charge in [0.2, 0.25) is 0 Å². The molecule has 0 spiro atoms. The molecule has 206 valence electrons. The Morgan fingerprint density at radius 3 is 2.00 bits per heavy atom. The molecule has 2 aliphatic rings. The van der Waals surface area contributed by atoms with Gasteiger partial charge in [-0.25, -0.2) is 4.79 Å². The van der Waals surface area contributed by atoms with Crippen LogP contribution in [-0.2, 0) is 32.1 Å². The SMILES string of the molecule is CCOC(=O)COc1ccc(C(=O)c2cc(CN3CCOCC3)c(O)c(CN3CCOCC3)c2)c(Cl)c1Cl. The van der Waals surface area contributed by atoms with Crippen molar-refractivity contribution in [3.63, 3.8) is 0 Å². The Labute approximate surface area is 232 Å². The van der Waals surface area contributed by atoms with Gasteiger partial charge in [-0.05, 0) is 31.2 Å². The second kappa shape index (κ2) is 13.6. The maximum absolute atomic E-state index is 13.7. The Morgan fingerprint density at radius 2 is 1.47 bits per heavy atom. The van der Waals surface area contributed by atoms with Crippen LogP contribution in [0.25, 0.3) is 0 Å². The molecule has 9 nitrogen and oxygen atoms in total. The second-order valence-corrected chi connectivity index (χ2v) is 9.84. The highest BCUT2D eigenvalue weighted by atomic mass is 35.5. The van der Waals surface area contributed by atoms with Crippen molar-refractivity contribution in [1.82, 2.24) is 9.80 Å². The van der Waals surface area contributed by atoms with Gasteiger partial charge in [0.05, 0.1) is 38.1 Å². The molecule has 2 aromatic rings. The van der Waals surface area contributed by atoms with Gasteiger partial charge in [-0.15, -0.1) is 0 Å². The third-order valence-electron chi connectivity index (χ3n) is 6.47. The van der Waals surface area contributed by atoms with Crippen molar-refractivity contribution in [3.8, 4) is 11.5 Å². The third kappa shape index (κ3) is 7.16. The number of ketones is 1. The molecular formula is C27H32Cl2N2O7. The number of hydrogen-bond donors (Lipinski definition) is 1. The van der Waals surface area contributed by atoms with Crippen LogP contribution in [0, 0.1) is 0 Å². The highest BCUT2D eigenvalue weighted by molar-refractivity contribution is 6.45. The first-order valence-corrected chi connectivity index (χ1v) is 13.4. The molecule has 0 aliphatic carbocycles. The minimum absolute atomic E-state index is 0.0237.